The predicted molar refractivity (Wildman–Crippen MR) is 135 cm³/mol. The third kappa shape index (κ3) is 6.98. The van der Waals surface area contributed by atoms with Gasteiger partial charge in [0.15, 0.2) is 6.61 Å². The summed E-state index contributed by atoms with van der Waals surface area (Å²) < 4.78 is 12.5. The Balaban J connectivity index is 1.61. The second kappa shape index (κ2) is 12.6. The maximum absolute atomic E-state index is 12.4. The number of aromatic nitrogens is 1. The lowest BCUT2D eigenvalue weighted by atomic mass is 9.96. The second-order valence-electron chi connectivity index (χ2n) is 8.69. The van der Waals surface area contributed by atoms with E-state index in [4.69, 9.17) is 9.47 Å². The molecule has 0 aliphatic heterocycles. The number of carbonyl (C=O) groups is 3. The standard InChI is InChI=1S/C27H32N4O5/c1-4-35-24-12-10-23(11-13-24)31-18(2)14-20(19(31)3)15-21(16-28)26(33)36-17-25(32)30-27(34)29-22-8-6-5-7-9-22/h10-15,22H,4-9,17H2,1-3H3,(H2,29,30,32,34)/b21-15-. The molecule has 9 heteroatoms. The lowest BCUT2D eigenvalue weighted by Crippen LogP contribution is -2.46. The van der Waals surface area contributed by atoms with E-state index in [2.05, 4.69) is 10.6 Å². The van der Waals surface area contributed by atoms with Crippen molar-refractivity contribution in [2.75, 3.05) is 13.2 Å². The fraction of sp³-hybridized carbons (Fsp3) is 0.407. The summed E-state index contributed by atoms with van der Waals surface area (Å²) in [5.74, 6) is -0.928. The largest absolute Gasteiger partial charge is 0.494 e. The van der Waals surface area contributed by atoms with Crippen molar-refractivity contribution in [1.82, 2.24) is 15.2 Å². The number of benzene rings is 1. The fourth-order valence-corrected chi connectivity index (χ4v) is 4.32. The number of nitrogens with zero attached hydrogens (tertiary/aromatic N) is 2. The quantitative estimate of drug-likeness (QED) is 0.325. The van der Waals surface area contributed by atoms with Crippen molar-refractivity contribution in [1.29, 1.82) is 5.26 Å². The van der Waals surface area contributed by atoms with Crippen molar-refractivity contribution in [3.05, 3.63) is 52.9 Å². The van der Waals surface area contributed by atoms with E-state index in [1.54, 1.807) is 0 Å². The number of imide groups is 1. The molecule has 0 bridgehead atoms. The van der Waals surface area contributed by atoms with Gasteiger partial charge < -0.3 is 19.4 Å². The molecule has 1 aliphatic carbocycles. The third-order valence-corrected chi connectivity index (χ3v) is 6.04. The number of esters is 1. The number of nitriles is 1. The van der Waals surface area contributed by atoms with Gasteiger partial charge in [-0.2, -0.15) is 5.26 Å². The topological polar surface area (TPSA) is 122 Å². The molecule has 36 heavy (non-hydrogen) atoms. The van der Waals surface area contributed by atoms with E-state index in [9.17, 15) is 19.6 Å². The van der Waals surface area contributed by atoms with Crippen molar-refractivity contribution >= 4 is 24.0 Å². The van der Waals surface area contributed by atoms with E-state index in [0.717, 1.165) is 54.9 Å². The molecule has 1 aromatic heterocycles. The van der Waals surface area contributed by atoms with Crippen LogP contribution in [0.1, 0.15) is 56.0 Å². The van der Waals surface area contributed by atoms with Crippen molar-refractivity contribution in [3.8, 4) is 17.5 Å². The average molecular weight is 493 g/mol. The summed E-state index contributed by atoms with van der Waals surface area (Å²) in [6.07, 6.45) is 6.43. The van der Waals surface area contributed by atoms with Crippen LogP contribution in [0.5, 0.6) is 5.75 Å². The number of aryl methyl sites for hydroxylation is 1. The van der Waals surface area contributed by atoms with Crippen LogP contribution in [0.2, 0.25) is 0 Å². The molecule has 0 unspecified atom stereocenters. The summed E-state index contributed by atoms with van der Waals surface area (Å²) in [5.41, 5.74) is 3.08. The Morgan fingerprint density at radius 3 is 2.47 bits per heavy atom. The van der Waals surface area contributed by atoms with Gasteiger partial charge in [0, 0.05) is 23.1 Å². The summed E-state index contributed by atoms with van der Waals surface area (Å²) in [5, 5.41) is 14.4. The second-order valence-corrected chi connectivity index (χ2v) is 8.69. The van der Waals surface area contributed by atoms with Crippen LogP contribution < -0.4 is 15.4 Å². The molecule has 3 amide bonds. The van der Waals surface area contributed by atoms with Gasteiger partial charge in [-0.3, -0.25) is 10.1 Å². The number of carbonyl (C=O) groups excluding carboxylic acids is 3. The summed E-state index contributed by atoms with van der Waals surface area (Å²) in [6, 6.07) is 10.8. The molecular formula is C27H32N4O5. The molecular weight excluding hydrogens is 460 g/mol. The van der Waals surface area contributed by atoms with Gasteiger partial charge in [-0.25, -0.2) is 9.59 Å². The van der Waals surface area contributed by atoms with Gasteiger partial charge in [-0.15, -0.1) is 0 Å². The van der Waals surface area contributed by atoms with Crippen LogP contribution in [0.4, 0.5) is 4.79 Å². The maximum Gasteiger partial charge on any atom is 0.349 e. The zero-order chi connectivity index (χ0) is 26.1. The minimum atomic E-state index is -0.939. The summed E-state index contributed by atoms with van der Waals surface area (Å²) in [7, 11) is 0. The van der Waals surface area contributed by atoms with E-state index in [1.165, 1.54) is 6.08 Å². The number of nitrogens with one attached hydrogen (secondary N) is 2. The molecule has 1 saturated carbocycles. The van der Waals surface area contributed by atoms with Crippen LogP contribution in [-0.4, -0.2) is 41.7 Å². The van der Waals surface area contributed by atoms with Crippen LogP contribution in [-0.2, 0) is 14.3 Å². The first-order valence-corrected chi connectivity index (χ1v) is 12.1. The van der Waals surface area contributed by atoms with Crippen molar-refractivity contribution in [3.63, 3.8) is 0 Å². The Morgan fingerprint density at radius 2 is 1.83 bits per heavy atom. The average Bonchev–Trinajstić information content (AvgIpc) is 3.14. The number of urea groups is 1. The SMILES string of the molecule is CCOc1ccc(-n2c(C)cc(/C=C(/C#N)C(=O)OCC(=O)NC(=O)NC3CCCCC3)c2C)cc1. The minimum Gasteiger partial charge on any atom is -0.494 e. The highest BCUT2D eigenvalue weighted by atomic mass is 16.5. The maximum atomic E-state index is 12.4. The van der Waals surface area contributed by atoms with Crippen LogP contribution in [0, 0.1) is 25.2 Å². The zero-order valence-electron chi connectivity index (χ0n) is 20.9. The Morgan fingerprint density at radius 1 is 1.14 bits per heavy atom. The van der Waals surface area contributed by atoms with Gasteiger partial charge >= 0.3 is 12.0 Å². The van der Waals surface area contributed by atoms with E-state index in [-0.39, 0.29) is 11.6 Å². The summed E-state index contributed by atoms with van der Waals surface area (Å²) in [6.45, 7) is 5.65. The minimum absolute atomic E-state index is 0.0452. The molecule has 2 aromatic rings. The number of hydrogen-bond donors (Lipinski definition) is 2. The van der Waals surface area contributed by atoms with E-state index >= 15 is 0 Å². The lowest BCUT2D eigenvalue weighted by molar-refractivity contribution is -0.144. The van der Waals surface area contributed by atoms with Gasteiger partial charge in [0.25, 0.3) is 5.91 Å². The number of amides is 3. The number of hydrogen-bond acceptors (Lipinski definition) is 6. The number of ether oxygens (including phenoxy) is 2. The molecule has 190 valence electrons. The lowest BCUT2D eigenvalue weighted by Gasteiger charge is -2.22. The first-order valence-electron chi connectivity index (χ1n) is 12.1. The predicted octanol–water partition coefficient (Wildman–Crippen LogP) is 4.10. The highest BCUT2D eigenvalue weighted by Crippen LogP contribution is 2.24. The van der Waals surface area contributed by atoms with Gasteiger partial charge in [-0.1, -0.05) is 19.3 Å². The Hall–Kier alpha value is -4.06. The van der Waals surface area contributed by atoms with Crippen molar-refractivity contribution < 1.29 is 23.9 Å². The molecule has 3 rings (SSSR count). The van der Waals surface area contributed by atoms with Gasteiger partial charge in [0.2, 0.25) is 0 Å². The summed E-state index contributed by atoms with van der Waals surface area (Å²) >= 11 is 0. The number of rotatable bonds is 8. The molecule has 2 N–H and O–H groups in total. The van der Waals surface area contributed by atoms with Gasteiger partial charge in [0.1, 0.15) is 17.4 Å². The molecule has 1 aromatic carbocycles. The first kappa shape index (κ1) is 26.5. The van der Waals surface area contributed by atoms with Crippen molar-refractivity contribution in [2.45, 2.75) is 58.9 Å². The molecule has 1 heterocycles. The Bertz CT molecular complexity index is 1170. The van der Waals surface area contributed by atoms with E-state index < -0.39 is 24.5 Å². The zero-order valence-corrected chi connectivity index (χ0v) is 20.9. The van der Waals surface area contributed by atoms with E-state index in [0.29, 0.717) is 12.2 Å². The van der Waals surface area contributed by atoms with Gasteiger partial charge in [-0.05, 0) is 75.6 Å². The van der Waals surface area contributed by atoms with Crippen LogP contribution >= 0.6 is 0 Å². The van der Waals surface area contributed by atoms with Crippen LogP contribution in [0.15, 0.2) is 35.9 Å². The molecule has 0 atom stereocenters. The van der Waals surface area contributed by atoms with E-state index in [1.807, 2.05) is 61.7 Å². The molecule has 1 aliphatic rings. The smallest absolute Gasteiger partial charge is 0.349 e. The monoisotopic (exact) mass is 492 g/mol. The first-order chi connectivity index (χ1) is 17.3. The fourth-order valence-electron chi connectivity index (χ4n) is 4.32. The molecule has 1 fully saturated rings. The van der Waals surface area contributed by atoms with Gasteiger partial charge in [0.05, 0.1) is 6.61 Å². The van der Waals surface area contributed by atoms with Crippen LogP contribution in [0.3, 0.4) is 0 Å². The van der Waals surface area contributed by atoms with Crippen LogP contribution in [0.25, 0.3) is 11.8 Å². The Kier molecular flexibility index (Phi) is 9.28. The normalized spacial score (nSPS) is 14.0. The molecule has 0 saturated heterocycles. The molecule has 0 radical (unpaired) electrons. The van der Waals surface area contributed by atoms with Crippen molar-refractivity contribution in [2.24, 2.45) is 0 Å². The molecule has 0 spiro atoms. The highest BCUT2D eigenvalue weighted by Gasteiger charge is 2.19. The molecule has 9 nitrogen and oxygen atoms in total. The summed E-state index contributed by atoms with van der Waals surface area (Å²) in [4.78, 5) is 36.5. The third-order valence-electron chi connectivity index (χ3n) is 6.04. The Labute approximate surface area is 211 Å². The highest BCUT2D eigenvalue weighted by molar-refractivity contribution is 6.00.